The topological polar surface area (TPSA) is 29.5 Å². The van der Waals surface area contributed by atoms with Gasteiger partial charge in [-0.1, -0.05) is 30.3 Å². The van der Waals surface area contributed by atoms with Gasteiger partial charge in [0.25, 0.3) is 0 Å². The van der Waals surface area contributed by atoms with Crippen LogP contribution >= 0.6 is 0 Å². The Morgan fingerprint density at radius 2 is 2.00 bits per heavy atom. The zero-order valence-corrected chi connectivity index (χ0v) is 7.94. The second kappa shape index (κ2) is 5.73. The summed E-state index contributed by atoms with van der Waals surface area (Å²) in [7, 11) is 0. The van der Waals surface area contributed by atoms with Crippen LogP contribution in [-0.4, -0.2) is 11.4 Å². The first-order valence-electron chi connectivity index (χ1n) is 4.67. The van der Waals surface area contributed by atoms with Gasteiger partial charge in [0.1, 0.15) is 0 Å². The predicted octanol–water partition coefficient (Wildman–Crippen LogP) is 2.89. The molecule has 0 saturated carbocycles. The molecule has 0 fully saturated rings. The van der Waals surface area contributed by atoms with Crippen molar-refractivity contribution in [3.05, 3.63) is 35.9 Å². The van der Waals surface area contributed by atoms with Gasteiger partial charge in [-0.2, -0.15) is 0 Å². The monoisotopic (exact) mass is 180 g/mol. The van der Waals surface area contributed by atoms with Gasteiger partial charge in [0.15, 0.2) is 0 Å². The van der Waals surface area contributed by atoms with Crippen molar-refractivity contribution < 1.29 is 10.1 Å². The van der Waals surface area contributed by atoms with Crippen LogP contribution in [0, 0.1) is 0 Å². The quantitative estimate of drug-likeness (QED) is 0.557. The van der Waals surface area contributed by atoms with Crippen molar-refractivity contribution >= 4 is 0 Å². The van der Waals surface area contributed by atoms with Crippen molar-refractivity contribution in [1.29, 1.82) is 0 Å². The number of hydrogen-bond acceptors (Lipinski definition) is 2. The van der Waals surface area contributed by atoms with Crippen LogP contribution in [0.1, 0.15) is 25.3 Å². The standard InChI is InChI=1S/C11H16O2/c1-10(13-12)6-5-9-11-7-3-2-4-8-11/h2-4,7-8,10,12H,5-6,9H2,1H3. The molecular weight excluding hydrogens is 164 g/mol. The van der Waals surface area contributed by atoms with E-state index in [9.17, 15) is 0 Å². The fourth-order valence-electron chi connectivity index (χ4n) is 1.29. The van der Waals surface area contributed by atoms with E-state index < -0.39 is 0 Å². The van der Waals surface area contributed by atoms with Gasteiger partial charge in [-0.05, 0) is 31.7 Å². The fourth-order valence-corrected chi connectivity index (χ4v) is 1.29. The van der Waals surface area contributed by atoms with E-state index in [0.29, 0.717) is 0 Å². The van der Waals surface area contributed by atoms with E-state index in [1.807, 2.05) is 25.1 Å². The lowest BCUT2D eigenvalue weighted by Gasteiger charge is -2.06. The maximum Gasteiger partial charge on any atom is 0.0899 e. The predicted molar refractivity (Wildman–Crippen MR) is 52.6 cm³/mol. The average Bonchev–Trinajstić information content (AvgIpc) is 2.19. The lowest BCUT2D eigenvalue weighted by Crippen LogP contribution is -2.04. The Balaban J connectivity index is 2.20. The first-order chi connectivity index (χ1) is 6.33. The van der Waals surface area contributed by atoms with Crippen LogP contribution in [0.4, 0.5) is 0 Å². The minimum absolute atomic E-state index is 0.0521. The van der Waals surface area contributed by atoms with Gasteiger partial charge in [0.05, 0.1) is 6.10 Å². The number of benzene rings is 1. The lowest BCUT2D eigenvalue weighted by atomic mass is 10.1. The second-order valence-electron chi connectivity index (χ2n) is 3.29. The maximum atomic E-state index is 8.33. The average molecular weight is 180 g/mol. The summed E-state index contributed by atoms with van der Waals surface area (Å²) in [4.78, 5) is 4.19. The summed E-state index contributed by atoms with van der Waals surface area (Å²) in [6.45, 7) is 1.87. The Morgan fingerprint density at radius 1 is 1.31 bits per heavy atom. The first kappa shape index (κ1) is 10.2. The van der Waals surface area contributed by atoms with Gasteiger partial charge in [-0.3, -0.25) is 5.26 Å². The summed E-state index contributed by atoms with van der Waals surface area (Å²) in [6.07, 6.45) is 2.94. The van der Waals surface area contributed by atoms with Crippen LogP contribution in [0.25, 0.3) is 0 Å². The molecule has 0 amide bonds. The van der Waals surface area contributed by atoms with Crippen LogP contribution in [-0.2, 0) is 11.3 Å². The molecule has 1 aromatic carbocycles. The largest absolute Gasteiger partial charge is 0.252 e. The normalized spacial score (nSPS) is 12.8. The molecule has 72 valence electrons. The molecule has 1 unspecified atom stereocenters. The molecule has 2 nitrogen and oxygen atoms in total. The van der Waals surface area contributed by atoms with Gasteiger partial charge >= 0.3 is 0 Å². The van der Waals surface area contributed by atoms with E-state index >= 15 is 0 Å². The number of rotatable bonds is 5. The highest BCUT2D eigenvalue weighted by Gasteiger charge is 2.00. The molecule has 1 aromatic rings. The second-order valence-corrected chi connectivity index (χ2v) is 3.29. The minimum Gasteiger partial charge on any atom is -0.252 e. The summed E-state index contributed by atoms with van der Waals surface area (Å²) < 4.78 is 0. The van der Waals surface area contributed by atoms with Crippen molar-refractivity contribution in [2.45, 2.75) is 32.3 Å². The highest BCUT2D eigenvalue weighted by atomic mass is 17.1. The highest BCUT2D eigenvalue weighted by Crippen LogP contribution is 2.07. The molecule has 1 N–H and O–H groups in total. The van der Waals surface area contributed by atoms with Crippen molar-refractivity contribution in [2.24, 2.45) is 0 Å². The third-order valence-corrected chi connectivity index (χ3v) is 2.10. The molecule has 2 heteroatoms. The van der Waals surface area contributed by atoms with Gasteiger partial charge in [-0.15, -0.1) is 0 Å². The van der Waals surface area contributed by atoms with E-state index in [1.165, 1.54) is 5.56 Å². The van der Waals surface area contributed by atoms with E-state index in [-0.39, 0.29) is 6.10 Å². The summed E-state index contributed by atoms with van der Waals surface area (Å²) in [6, 6.07) is 10.3. The van der Waals surface area contributed by atoms with Gasteiger partial charge < -0.3 is 0 Å². The number of aryl methyl sites for hydroxylation is 1. The summed E-state index contributed by atoms with van der Waals surface area (Å²) in [5, 5.41) is 8.33. The first-order valence-corrected chi connectivity index (χ1v) is 4.67. The van der Waals surface area contributed by atoms with E-state index in [4.69, 9.17) is 5.26 Å². The van der Waals surface area contributed by atoms with E-state index in [2.05, 4.69) is 17.0 Å². The summed E-state index contributed by atoms with van der Waals surface area (Å²) in [5.41, 5.74) is 1.34. The zero-order chi connectivity index (χ0) is 9.52. The molecule has 0 aliphatic rings. The molecule has 13 heavy (non-hydrogen) atoms. The van der Waals surface area contributed by atoms with Crippen LogP contribution in [0.3, 0.4) is 0 Å². The zero-order valence-electron chi connectivity index (χ0n) is 7.94. The molecule has 0 saturated heterocycles. The van der Waals surface area contributed by atoms with Crippen LogP contribution < -0.4 is 0 Å². The van der Waals surface area contributed by atoms with Gasteiger partial charge in [0, 0.05) is 0 Å². The molecule has 0 spiro atoms. The molecule has 0 aliphatic heterocycles. The van der Waals surface area contributed by atoms with Crippen LogP contribution in [0.15, 0.2) is 30.3 Å². The SMILES string of the molecule is CC(CCCc1ccccc1)OO. The molecule has 0 aliphatic carbocycles. The smallest absolute Gasteiger partial charge is 0.0899 e. The minimum atomic E-state index is -0.0521. The Kier molecular flexibility index (Phi) is 4.50. The molecule has 1 rings (SSSR count). The van der Waals surface area contributed by atoms with Gasteiger partial charge in [-0.25, -0.2) is 4.89 Å². The van der Waals surface area contributed by atoms with Crippen LogP contribution in [0.5, 0.6) is 0 Å². The van der Waals surface area contributed by atoms with E-state index in [0.717, 1.165) is 19.3 Å². The Hall–Kier alpha value is -0.860. The van der Waals surface area contributed by atoms with Crippen LogP contribution in [0.2, 0.25) is 0 Å². The maximum absolute atomic E-state index is 8.33. The Labute approximate surface area is 79.1 Å². The molecular formula is C11H16O2. The van der Waals surface area contributed by atoms with E-state index in [1.54, 1.807) is 0 Å². The Morgan fingerprint density at radius 3 is 2.62 bits per heavy atom. The number of hydrogen-bond donors (Lipinski definition) is 1. The van der Waals surface area contributed by atoms with Crippen molar-refractivity contribution in [3.63, 3.8) is 0 Å². The highest BCUT2D eigenvalue weighted by molar-refractivity contribution is 5.14. The van der Waals surface area contributed by atoms with Crippen molar-refractivity contribution in [1.82, 2.24) is 0 Å². The summed E-state index contributed by atoms with van der Waals surface area (Å²) in [5.74, 6) is 0. The fraction of sp³-hybridized carbons (Fsp3) is 0.455. The Bertz CT molecular complexity index is 221. The molecule has 0 heterocycles. The van der Waals surface area contributed by atoms with Crippen molar-refractivity contribution in [2.75, 3.05) is 0 Å². The lowest BCUT2D eigenvalue weighted by molar-refractivity contribution is -0.275. The molecule has 0 aromatic heterocycles. The molecule has 1 atom stereocenters. The third kappa shape index (κ3) is 4.06. The molecule has 0 bridgehead atoms. The van der Waals surface area contributed by atoms with Gasteiger partial charge in [0.2, 0.25) is 0 Å². The molecule has 0 radical (unpaired) electrons. The third-order valence-electron chi connectivity index (χ3n) is 2.10. The van der Waals surface area contributed by atoms with Crippen molar-refractivity contribution in [3.8, 4) is 0 Å². The summed E-state index contributed by atoms with van der Waals surface area (Å²) >= 11 is 0.